The summed E-state index contributed by atoms with van der Waals surface area (Å²) in [5.41, 5.74) is 1.95. The van der Waals surface area contributed by atoms with Crippen molar-refractivity contribution >= 4 is 29.1 Å². The smallest absolute Gasteiger partial charge is 0.289 e. The van der Waals surface area contributed by atoms with Crippen LogP contribution >= 0.6 is 23.2 Å². The van der Waals surface area contributed by atoms with Gasteiger partial charge in [-0.05, 0) is 37.1 Å². The Balaban J connectivity index is 1.59. The van der Waals surface area contributed by atoms with Crippen molar-refractivity contribution in [3.63, 3.8) is 0 Å². The summed E-state index contributed by atoms with van der Waals surface area (Å²) in [6.07, 6.45) is 2.09. The number of halogens is 2. The third-order valence-electron chi connectivity index (χ3n) is 4.66. The fourth-order valence-electron chi connectivity index (χ4n) is 3.28. The van der Waals surface area contributed by atoms with Gasteiger partial charge in [-0.15, -0.1) is 0 Å². The number of hydrogen-bond acceptors (Lipinski definition) is 5. The number of amides is 1. The van der Waals surface area contributed by atoms with Crippen LogP contribution < -0.4 is 5.32 Å². The first kappa shape index (κ1) is 20.1. The zero-order valence-electron chi connectivity index (χ0n) is 15.2. The molecular formula is C19H23Cl2N3O3. The van der Waals surface area contributed by atoms with Crippen molar-refractivity contribution in [1.29, 1.82) is 0 Å². The van der Waals surface area contributed by atoms with Crippen LogP contribution in [-0.2, 0) is 11.3 Å². The molecule has 1 saturated heterocycles. The van der Waals surface area contributed by atoms with E-state index in [0.717, 1.165) is 43.7 Å². The minimum Gasteiger partial charge on any atom is -0.383 e. The van der Waals surface area contributed by atoms with Gasteiger partial charge in [0.2, 0.25) is 5.76 Å². The summed E-state index contributed by atoms with van der Waals surface area (Å²) < 4.78 is 10.2. The van der Waals surface area contributed by atoms with Gasteiger partial charge in [0, 0.05) is 38.7 Å². The maximum absolute atomic E-state index is 12.0. The summed E-state index contributed by atoms with van der Waals surface area (Å²) in [6.45, 7) is 3.57. The highest BCUT2D eigenvalue weighted by molar-refractivity contribution is 6.42. The lowest BCUT2D eigenvalue weighted by molar-refractivity contribution is 0.0900. The molecule has 146 valence electrons. The van der Waals surface area contributed by atoms with Gasteiger partial charge < -0.3 is 14.6 Å². The number of rotatable bonds is 7. The second-order valence-corrected chi connectivity index (χ2v) is 7.50. The molecule has 1 aromatic carbocycles. The van der Waals surface area contributed by atoms with E-state index >= 15 is 0 Å². The highest BCUT2D eigenvalue weighted by Gasteiger charge is 2.25. The van der Waals surface area contributed by atoms with Gasteiger partial charge in [-0.2, -0.15) is 0 Å². The van der Waals surface area contributed by atoms with Crippen LogP contribution in [0.15, 0.2) is 28.8 Å². The zero-order chi connectivity index (χ0) is 19.2. The van der Waals surface area contributed by atoms with Gasteiger partial charge in [-0.25, -0.2) is 0 Å². The number of benzene rings is 1. The molecule has 0 bridgehead atoms. The first-order valence-electron chi connectivity index (χ1n) is 8.97. The van der Waals surface area contributed by atoms with Crippen molar-refractivity contribution in [3.05, 3.63) is 51.3 Å². The normalized spacial score (nSPS) is 17.8. The molecule has 2 heterocycles. The average Bonchev–Trinajstić information content (AvgIpc) is 3.15. The van der Waals surface area contributed by atoms with Crippen LogP contribution in [0.3, 0.4) is 0 Å². The van der Waals surface area contributed by atoms with Crippen molar-refractivity contribution in [2.24, 2.45) is 0 Å². The number of carbonyl (C=O) groups is 1. The molecule has 1 atom stereocenters. The summed E-state index contributed by atoms with van der Waals surface area (Å²) in [7, 11) is 1.59. The Hall–Kier alpha value is -1.60. The lowest BCUT2D eigenvalue weighted by atomic mass is 9.94. The van der Waals surface area contributed by atoms with E-state index in [1.54, 1.807) is 13.2 Å². The van der Waals surface area contributed by atoms with Crippen molar-refractivity contribution < 1.29 is 14.1 Å². The summed E-state index contributed by atoms with van der Waals surface area (Å²) in [5.74, 6) is 0.211. The molecule has 2 aromatic rings. The molecule has 1 unspecified atom stereocenters. The second-order valence-electron chi connectivity index (χ2n) is 6.69. The fraction of sp³-hybridized carbons (Fsp3) is 0.474. The van der Waals surface area contributed by atoms with E-state index < -0.39 is 0 Å². The highest BCUT2D eigenvalue weighted by atomic mass is 35.5. The molecule has 3 rings (SSSR count). The van der Waals surface area contributed by atoms with Crippen molar-refractivity contribution in [2.75, 3.05) is 33.4 Å². The molecule has 1 amide bonds. The van der Waals surface area contributed by atoms with Crippen molar-refractivity contribution in [2.45, 2.75) is 25.3 Å². The summed E-state index contributed by atoms with van der Waals surface area (Å²) in [5, 5.41) is 8.00. The molecule has 0 aliphatic carbocycles. The third-order valence-corrected chi connectivity index (χ3v) is 5.40. The number of likely N-dealkylation sites (tertiary alicyclic amines) is 1. The summed E-state index contributed by atoms with van der Waals surface area (Å²) >= 11 is 12.1. The Morgan fingerprint density at radius 1 is 1.37 bits per heavy atom. The maximum Gasteiger partial charge on any atom is 0.289 e. The molecule has 0 spiro atoms. The minimum atomic E-state index is -0.269. The third kappa shape index (κ3) is 5.45. The number of hydrogen-bond donors (Lipinski definition) is 1. The molecular weight excluding hydrogens is 389 g/mol. The molecule has 1 aromatic heterocycles. The van der Waals surface area contributed by atoms with Crippen molar-refractivity contribution in [1.82, 2.24) is 15.4 Å². The molecule has 8 heteroatoms. The van der Waals surface area contributed by atoms with Gasteiger partial charge in [-0.1, -0.05) is 34.4 Å². The van der Waals surface area contributed by atoms with E-state index in [2.05, 4.69) is 15.4 Å². The van der Waals surface area contributed by atoms with Gasteiger partial charge in [0.1, 0.15) is 0 Å². The minimum absolute atomic E-state index is 0.239. The van der Waals surface area contributed by atoms with Gasteiger partial charge in [0.15, 0.2) is 0 Å². The Bertz CT molecular complexity index is 781. The number of piperidine rings is 1. The van der Waals surface area contributed by atoms with Crippen molar-refractivity contribution in [3.8, 4) is 0 Å². The van der Waals surface area contributed by atoms with E-state index in [-0.39, 0.29) is 17.6 Å². The van der Waals surface area contributed by atoms with Gasteiger partial charge in [-0.3, -0.25) is 9.69 Å². The van der Waals surface area contributed by atoms with Crippen LogP contribution in [-0.4, -0.2) is 49.3 Å². The topological polar surface area (TPSA) is 67.6 Å². The number of aromatic nitrogens is 1. The number of methoxy groups -OCH3 is 1. The quantitative estimate of drug-likeness (QED) is 0.702. The lowest BCUT2D eigenvalue weighted by Gasteiger charge is -2.31. The number of carbonyl (C=O) groups excluding carboxylic acids is 1. The Kier molecular flexibility index (Phi) is 7.13. The first-order chi connectivity index (χ1) is 13.1. The molecule has 27 heavy (non-hydrogen) atoms. The van der Waals surface area contributed by atoms with Crippen LogP contribution in [0.25, 0.3) is 0 Å². The van der Waals surface area contributed by atoms with Gasteiger partial charge >= 0.3 is 0 Å². The van der Waals surface area contributed by atoms with Crippen LogP contribution in [0.2, 0.25) is 10.0 Å². The molecule has 1 aliphatic rings. The predicted octanol–water partition coefficient (Wildman–Crippen LogP) is 3.74. The van der Waals surface area contributed by atoms with E-state index in [4.69, 9.17) is 32.5 Å². The monoisotopic (exact) mass is 411 g/mol. The van der Waals surface area contributed by atoms with Gasteiger partial charge in [0.05, 0.1) is 22.3 Å². The van der Waals surface area contributed by atoms with E-state index in [1.165, 1.54) is 0 Å². The second kappa shape index (κ2) is 9.55. The molecule has 0 radical (unpaired) electrons. The average molecular weight is 412 g/mol. The molecule has 1 N–H and O–H groups in total. The number of nitrogens with zero attached hydrogens (tertiary/aromatic N) is 2. The molecule has 0 saturated carbocycles. The van der Waals surface area contributed by atoms with Crippen LogP contribution in [0.4, 0.5) is 0 Å². The fourth-order valence-corrected chi connectivity index (χ4v) is 3.60. The Labute approximate surface area is 168 Å². The van der Waals surface area contributed by atoms with E-state index in [1.807, 2.05) is 18.2 Å². The lowest BCUT2D eigenvalue weighted by Crippen LogP contribution is -2.34. The Morgan fingerprint density at radius 3 is 3.00 bits per heavy atom. The van der Waals surface area contributed by atoms with Crippen LogP contribution in [0, 0.1) is 0 Å². The van der Waals surface area contributed by atoms with E-state index in [9.17, 15) is 4.79 Å². The number of nitrogens with one attached hydrogen (secondary N) is 1. The molecule has 1 aliphatic heterocycles. The Morgan fingerprint density at radius 2 is 2.22 bits per heavy atom. The SMILES string of the molecule is COCCNC(=O)c1cc(C2CCCN(Cc3ccc(Cl)c(Cl)c3)C2)no1. The molecule has 1 fully saturated rings. The highest BCUT2D eigenvalue weighted by Crippen LogP contribution is 2.29. The zero-order valence-corrected chi connectivity index (χ0v) is 16.7. The molecule has 6 nitrogen and oxygen atoms in total. The standard InChI is InChI=1S/C19H23Cl2N3O3/c1-26-8-6-22-19(25)18-10-17(23-27-18)14-3-2-7-24(12-14)11-13-4-5-15(20)16(21)9-13/h4-5,9-10,14H,2-3,6-8,11-12H2,1H3,(H,22,25). The van der Waals surface area contributed by atoms with Gasteiger partial charge in [0.25, 0.3) is 5.91 Å². The first-order valence-corrected chi connectivity index (χ1v) is 9.72. The summed E-state index contributed by atoms with van der Waals surface area (Å²) in [6, 6.07) is 7.48. The van der Waals surface area contributed by atoms with Crippen LogP contribution in [0.5, 0.6) is 0 Å². The van der Waals surface area contributed by atoms with E-state index in [0.29, 0.717) is 23.2 Å². The largest absolute Gasteiger partial charge is 0.383 e. The summed E-state index contributed by atoms with van der Waals surface area (Å²) in [4.78, 5) is 14.4. The van der Waals surface area contributed by atoms with Crippen LogP contribution in [0.1, 0.15) is 40.6 Å². The maximum atomic E-state index is 12.0. The number of ether oxygens (including phenoxy) is 1. The predicted molar refractivity (Wildman–Crippen MR) is 104 cm³/mol.